The van der Waals surface area contributed by atoms with Crippen LogP contribution in [0.4, 0.5) is 17.2 Å². The average molecular weight is 372 g/mol. The normalized spacial score (nSPS) is 13.0. The minimum Gasteiger partial charge on any atom is -0.325 e. The second-order valence-corrected chi connectivity index (χ2v) is 6.75. The number of amides is 1. The molecule has 0 radical (unpaired) electrons. The summed E-state index contributed by atoms with van der Waals surface area (Å²) in [5.74, 6) is 0.308. The molecule has 0 aliphatic carbocycles. The smallest absolute Gasteiger partial charge is 0.276 e. The molecule has 0 unspecified atom stereocenters. The van der Waals surface area contributed by atoms with Crippen LogP contribution in [0, 0.1) is 0 Å². The lowest BCUT2D eigenvalue weighted by Gasteiger charge is -2.29. The zero-order valence-corrected chi connectivity index (χ0v) is 15.6. The van der Waals surface area contributed by atoms with Crippen LogP contribution in [0.15, 0.2) is 60.7 Å². The van der Waals surface area contributed by atoms with Gasteiger partial charge in [0.05, 0.1) is 0 Å². The first-order valence-electron chi connectivity index (χ1n) is 9.23. The summed E-state index contributed by atoms with van der Waals surface area (Å²) in [7, 11) is 0. The van der Waals surface area contributed by atoms with Crippen molar-refractivity contribution in [1.82, 2.24) is 10.2 Å². The number of nitrogens with one attached hydrogen (secondary N) is 1. The summed E-state index contributed by atoms with van der Waals surface area (Å²) in [6.07, 6.45) is 2.10. The van der Waals surface area contributed by atoms with E-state index in [-0.39, 0.29) is 17.4 Å². The summed E-state index contributed by atoms with van der Waals surface area (Å²) < 4.78 is 0. The molecule has 1 N–H and O–H groups in total. The number of para-hydroxylation sites is 1. The maximum atomic E-state index is 12.5. The van der Waals surface area contributed by atoms with Gasteiger partial charge in [-0.2, -0.15) is 0 Å². The zero-order chi connectivity index (χ0) is 19.5. The Kier molecular flexibility index (Phi) is 4.85. The Morgan fingerprint density at radius 2 is 1.86 bits per heavy atom. The van der Waals surface area contributed by atoms with Crippen LogP contribution in [0.2, 0.25) is 0 Å². The highest BCUT2D eigenvalue weighted by Crippen LogP contribution is 2.31. The molecule has 0 bridgehead atoms. The molecule has 0 saturated carbocycles. The summed E-state index contributed by atoms with van der Waals surface area (Å²) >= 11 is 0. The van der Waals surface area contributed by atoms with E-state index in [1.165, 1.54) is 12.5 Å². The molecule has 2 heterocycles. The van der Waals surface area contributed by atoms with Gasteiger partial charge in [0.2, 0.25) is 0 Å². The Hall–Kier alpha value is -3.54. The third kappa shape index (κ3) is 3.62. The Labute approximate surface area is 163 Å². The van der Waals surface area contributed by atoms with Crippen molar-refractivity contribution in [1.29, 1.82) is 0 Å². The molecule has 1 aliphatic heterocycles. The summed E-state index contributed by atoms with van der Waals surface area (Å²) in [5.41, 5.74) is 3.75. The summed E-state index contributed by atoms with van der Waals surface area (Å²) in [5, 5.41) is 11.1. The molecule has 2 aromatic carbocycles. The standard InChI is InChI=1S/C22H20N4O2/c1-15(27)17-7-4-9-18(14-17)23-22(28)19-11-12-21(25-24-19)26-13-5-8-16-6-2-3-10-20(16)26/h2-4,6-7,9-12,14H,5,8,13H2,1H3,(H,23,28). The number of Topliss-reactive ketones (excluding diaryl/α,β-unsaturated/α-hetero) is 1. The van der Waals surface area contributed by atoms with E-state index in [4.69, 9.17) is 0 Å². The van der Waals surface area contributed by atoms with Gasteiger partial charge in [-0.1, -0.05) is 30.3 Å². The summed E-state index contributed by atoms with van der Waals surface area (Å²) in [6.45, 7) is 2.36. The minimum atomic E-state index is -0.362. The van der Waals surface area contributed by atoms with Crippen molar-refractivity contribution in [2.24, 2.45) is 0 Å². The average Bonchev–Trinajstić information content (AvgIpc) is 2.73. The van der Waals surface area contributed by atoms with Crippen LogP contribution in [0.1, 0.15) is 39.8 Å². The molecular weight excluding hydrogens is 352 g/mol. The SMILES string of the molecule is CC(=O)c1cccc(NC(=O)c2ccc(N3CCCc4ccccc43)nn2)c1. The van der Waals surface area contributed by atoms with Gasteiger partial charge < -0.3 is 10.2 Å². The number of hydrogen-bond acceptors (Lipinski definition) is 5. The van der Waals surface area contributed by atoms with Crippen molar-refractivity contribution >= 4 is 28.9 Å². The number of carbonyl (C=O) groups excluding carboxylic acids is 2. The molecule has 4 rings (SSSR count). The Morgan fingerprint density at radius 1 is 1.00 bits per heavy atom. The third-order valence-electron chi connectivity index (χ3n) is 4.80. The summed E-state index contributed by atoms with van der Waals surface area (Å²) in [4.78, 5) is 26.1. The number of rotatable bonds is 4. The highest BCUT2D eigenvalue weighted by atomic mass is 16.2. The number of fused-ring (bicyclic) bond motifs is 1. The monoisotopic (exact) mass is 372 g/mol. The van der Waals surface area contributed by atoms with Crippen LogP contribution in [-0.4, -0.2) is 28.4 Å². The van der Waals surface area contributed by atoms with E-state index in [0.717, 1.165) is 30.9 Å². The molecule has 0 spiro atoms. The lowest BCUT2D eigenvalue weighted by Crippen LogP contribution is -2.26. The lowest BCUT2D eigenvalue weighted by molar-refractivity contribution is 0.100. The van der Waals surface area contributed by atoms with Crippen molar-refractivity contribution in [2.75, 3.05) is 16.8 Å². The van der Waals surface area contributed by atoms with Crippen molar-refractivity contribution in [2.45, 2.75) is 19.8 Å². The van der Waals surface area contributed by atoms with E-state index in [9.17, 15) is 9.59 Å². The summed E-state index contributed by atoms with van der Waals surface area (Å²) in [6, 6.07) is 18.6. The molecule has 1 aliphatic rings. The maximum absolute atomic E-state index is 12.5. The van der Waals surface area contributed by atoms with Gasteiger partial charge in [-0.3, -0.25) is 9.59 Å². The fraction of sp³-hybridized carbons (Fsp3) is 0.182. The van der Waals surface area contributed by atoms with Crippen molar-refractivity contribution < 1.29 is 9.59 Å². The van der Waals surface area contributed by atoms with Gasteiger partial charge in [0.1, 0.15) is 0 Å². The number of aromatic nitrogens is 2. The highest BCUT2D eigenvalue weighted by molar-refractivity contribution is 6.03. The Bertz CT molecular complexity index is 1030. The van der Waals surface area contributed by atoms with Gasteiger partial charge in [0.15, 0.2) is 17.3 Å². The lowest BCUT2D eigenvalue weighted by atomic mass is 10.0. The van der Waals surface area contributed by atoms with Crippen LogP contribution in [0.3, 0.4) is 0 Å². The number of carbonyl (C=O) groups is 2. The number of nitrogens with zero attached hydrogens (tertiary/aromatic N) is 3. The first-order valence-corrected chi connectivity index (χ1v) is 9.23. The van der Waals surface area contributed by atoms with Crippen molar-refractivity contribution in [3.8, 4) is 0 Å². The molecule has 3 aromatic rings. The first-order chi connectivity index (χ1) is 13.6. The van der Waals surface area contributed by atoms with Gasteiger partial charge in [-0.15, -0.1) is 10.2 Å². The minimum absolute atomic E-state index is 0.0537. The predicted octanol–water partition coefficient (Wildman–Crippen LogP) is 4.02. The number of anilines is 3. The van der Waals surface area contributed by atoms with E-state index in [2.05, 4.69) is 32.5 Å². The fourth-order valence-corrected chi connectivity index (χ4v) is 3.37. The maximum Gasteiger partial charge on any atom is 0.276 e. The first kappa shape index (κ1) is 17.9. The second-order valence-electron chi connectivity index (χ2n) is 6.75. The van der Waals surface area contributed by atoms with Gasteiger partial charge in [-0.05, 0) is 55.7 Å². The number of aryl methyl sites for hydroxylation is 1. The number of hydrogen-bond donors (Lipinski definition) is 1. The largest absolute Gasteiger partial charge is 0.325 e. The quantitative estimate of drug-likeness (QED) is 0.700. The van der Waals surface area contributed by atoms with Crippen LogP contribution in [0.25, 0.3) is 0 Å². The highest BCUT2D eigenvalue weighted by Gasteiger charge is 2.19. The fourth-order valence-electron chi connectivity index (χ4n) is 3.37. The van der Waals surface area contributed by atoms with Gasteiger partial charge in [0, 0.05) is 23.5 Å². The van der Waals surface area contributed by atoms with Crippen molar-refractivity contribution in [3.05, 3.63) is 77.5 Å². The van der Waals surface area contributed by atoms with Gasteiger partial charge in [0.25, 0.3) is 5.91 Å². The van der Waals surface area contributed by atoms with E-state index < -0.39 is 0 Å². The molecule has 6 nitrogen and oxygen atoms in total. The van der Waals surface area contributed by atoms with E-state index >= 15 is 0 Å². The molecule has 0 saturated heterocycles. The van der Waals surface area contributed by atoms with Crippen LogP contribution < -0.4 is 10.2 Å². The molecule has 0 atom stereocenters. The topological polar surface area (TPSA) is 75.2 Å². The van der Waals surface area contributed by atoms with Crippen LogP contribution >= 0.6 is 0 Å². The predicted molar refractivity (Wildman–Crippen MR) is 108 cm³/mol. The number of benzene rings is 2. The van der Waals surface area contributed by atoms with Crippen LogP contribution in [0.5, 0.6) is 0 Å². The van der Waals surface area contributed by atoms with Gasteiger partial charge >= 0.3 is 0 Å². The van der Waals surface area contributed by atoms with E-state index in [1.807, 2.05) is 18.2 Å². The molecule has 0 fully saturated rings. The molecule has 6 heteroatoms. The molecule has 140 valence electrons. The van der Waals surface area contributed by atoms with Crippen molar-refractivity contribution in [3.63, 3.8) is 0 Å². The molecule has 1 aromatic heterocycles. The Morgan fingerprint density at radius 3 is 2.64 bits per heavy atom. The molecule has 28 heavy (non-hydrogen) atoms. The molecule has 1 amide bonds. The van der Waals surface area contributed by atoms with Crippen LogP contribution in [-0.2, 0) is 6.42 Å². The number of ketones is 1. The molecular formula is C22H20N4O2. The second kappa shape index (κ2) is 7.60. The van der Waals surface area contributed by atoms with E-state index in [1.54, 1.807) is 30.3 Å². The van der Waals surface area contributed by atoms with E-state index in [0.29, 0.717) is 11.3 Å². The zero-order valence-electron chi connectivity index (χ0n) is 15.6. The third-order valence-corrected chi connectivity index (χ3v) is 4.80. The van der Waals surface area contributed by atoms with Gasteiger partial charge in [-0.25, -0.2) is 0 Å². The Balaban J connectivity index is 1.52.